The number of aryl methyl sites for hydroxylation is 1. The fraction of sp³-hybridized carbons (Fsp3) is 0.150. The molecular weight excluding hydrogens is 382 g/mol. The number of aromatic nitrogens is 3. The van der Waals surface area contributed by atoms with Gasteiger partial charge in [0.25, 0.3) is 0 Å². The Kier molecular flexibility index (Phi) is 6.20. The highest BCUT2D eigenvalue weighted by Gasteiger charge is 2.16. The molecule has 3 aromatic rings. The third-order valence-corrected chi connectivity index (χ3v) is 4.92. The van der Waals surface area contributed by atoms with E-state index < -0.39 is 17.5 Å². The highest BCUT2D eigenvalue weighted by atomic mass is 32.2. The molecule has 0 saturated heterocycles. The lowest BCUT2D eigenvalue weighted by atomic mass is 10.1. The third kappa shape index (κ3) is 4.45. The molecule has 0 aliphatic carbocycles. The van der Waals surface area contributed by atoms with Crippen LogP contribution >= 0.6 is 11.8 Å². The molecule has 1 heterocycles. The summed E-state index contributed by atoms with van der Waals surface area (Å²) in [5.74, 6) is -1.27. The number of benzene rings is 2. The maximum absolute atomic E-state index is 13.7. The van der Waals surface area contributed by atoms with Crippen LogP contribution in [0, 0.1) is 18.6 Å². The SMILES string of the molecule is C=CCn1c(SCC(=O)Nc2ccc(F)cc2F)nnc1-c1ccccc1C. The first-order chi connectivity index (χ1) is 13.5. The fourth-order valence-corrected chi connectivity index (χ4v) is 3.37. The van der Waals surface area contributed by atoms with Crippen LogP contribution in [0.4, 0.5) is 14.5 Å². The number of hydrogen-bond donors (Lipinski definition) is 1. The van der Waals surface area contributed by atoms with Gasteiger partial charge < -0.3 is 5.32 Å². The summed E-state index contributed by atoms with van der Waals surface area (Å²) in [6.07, 6.45) is 1.73. The number of carbonyl (C=O) groups excluding carboxylic acids is 1. The molecular formula is C20H18F2N4OS. The zero-order valence-corrected chi connectivity index (χ0v) is 16.0. The van der Waals surface area contributed by atoms with Gasteiger partial charge in [-0.2, -0.15) is 0 Å². The van der Waals surface area contributed by atoms with Crippen LogP contribution < -0.4 is 5.32 Å². The summed E-state index contributed by atoms with van der Waals surface area (Å²) in [4.78, 5) is 12.2. The Balaban J connectivity index is 1.74. The van der Waals surface area contributed by atoms with Crippen LogP contribution in [0.2, 0.25) is 0 Å². The van der Waals surface area contributed by atoms with Crippen molar-refractivity contribution in [3.05, 3.63) is 72.3 Å². The molecule has 5 nitrogen and oxygen atoms in total. The van der Waals surface area contributed by atoms with E-state index in [1.54, 1.807) is 6.08 Å². The first-order valence-corrected chi connectivity index (χ1v) is 9.46. The maximum atomic E-state index is 13.7. The number of carbonyl (C=O) groups is 1. The molecule has 0 spiro atoms. The number of hydrogen-bond acceptors (Lipinski definition) is 4. The summed E-state index contributed by atoms with van der Waals surface area (Å²) in [6.45, 7) is 6.23. The van der Waals surface area contributed by atoms with Gasteiger partial charge in [-0.1, -0.05) is 42.1 Å². The van der Waals surface area contributed by atoms with E-state index in [1.807, 2.05) is 35.8 Å². The molecule has 0 unspecified atom stereocenters. The van der Waals surface area contributed by atoms with Crippen molar-refractivity contribution in [1.82, 2.24) is 14.8 Å². The first kappa shape index (κ1) is 19.8. The van der Waals surface area contributed by atoms with Crippen molar-refractivity contribution in [1.29, 1.82) is 0 Å². The van der Waals surface area contributed by atoms with Gasteiger partial charge in [0.2, 0.25) is 5.91 Å². The van der Waals surface area contributed by atoms with Gasteiger partial charge in [-0.05, 0) is 24.6 Å². The highest BCUT2D eigenvalue weighted by molar-refractivity contribution is 7.99. The Hall–Kier alpha value is -3.00. The van der Waals surface area contributed by atoms with E-state index in [0.29, 0.717) is 17.5 Å². The minimum atomic E-state index is -0.824. The molecule has 1 N–H and O–H groups in total. The normalized spacial score (nSPS) is 10.7. The van der Waals surface area contributed by atoms with E-state index >= 15 is 0 Å². The van der Waals surface area contributed by atoms with Crippen LogP contribution in [-0.4, -0.2) is 26.4 Å². The van der Waals surface area contributed by atoms with Gasteiger partial charge >= 0.3 is 0 Å². The van der Waals surface area contributed by atoms with Gasteiger partial charge in [0.15, 0.2) is 11.0 Å². The van der Waals surface area contributed by atoms with Crippen molar-refractivity contribution in [2.24, 2.45) is 0 Å². The van der Waals surface area contributed by atoms with Crippen molar-refractivity contribution in [2.45, 2.75) is 18.6 Å². The number of nitrogens with zero attached hydrogens (tertiary/aromatic N) is 3. The summed E-state index contributed by atoms with van der Waals surface area (Å²) in [5, 5.41) is 11.4. The number of nitrogens with one attached hydrogen (secondary N) is 1. The van der Waals surface area contributed by atoms with Crippen molar-refractivity contribution in [2.75, 3.05) is 11.1 Å². The number of halogens is 2. The average Bonchev–Trinajstić information content (AvgIpc) is 3.06. The molecule has 2 aromatic carbocycles. The van der Waals surface area contributed by atoms with E-state index in [1.165, 1.54) is 17.8 Å². The molecule has 1 amide bonds. The topological polar surface area (TPSA) is 59.8 Å². The Labute approximate surface area is 165 Å². The molecule has 0 fully saturated rings. The molecule has 0 bridgehead atoms. The molecule has 144 valence electrons. The quantitative estimate of drug-likeness (QED) is 0.470. The lowest BCUT2D eigenvalue weighted by Gasteiger charge is -2.10. The minimum Gasteiger partial charge on any atom is -0.323 e. The standard InChI is InChI=1S/C20H18F2N4OS/c1-3-10-26-19(15-7-5-4-6-13(15)2)24-25-20(26)28-12-18(27)23-17-9-8-14(21)11-16(17)22/h3-9,11H,1,10,12H2,2H3,(H,23,27). The van der Waals surface area contributed by atoms with E-state index in [4.69, 9.17) is 0 Å². The Morgan fingerprint density at radius 1 is 1.25 bits per heavy atom. The van der Waals surface area contributed by atoms with Crippen LogP contribution in [0.3, 0.4) is 0 Å². The number of allylic oxidation sites excluding steroid dienone is 1. The minimum absolute atomic E-state index is 0.000134. The molecule has 0 atom stereocenters. The molecule has 0 saturated carbocycles. The van der Waals surface area contributed by atoms with Crippen LogP contribution in [0.5, 0.6) is 0 Å². The number of thioether (sulfide) groups is 1. The molecule has 28 heavy (non-hydrogen) atoms. The van der Waals surface area contributed by atoms with E-state index in [2.05, 4.69) is 22.1 Å². The van der Waals surface area contributed by atoms with Crippen LogP contribution in [-0.2, 0) is 11.3 Å². The zero-order chi connectivity index (χ0) is 20.1. The average molecular weight is 400 g/mol. The summed E-state index contributed by atoms with van der Waals surface area (Å²) in [6, 6.07) is 10.8. The highest BCUT2D eigenvalue weighted by Crippen LogP contribution is 2.26. The molecule has 0 aliphatic rings. The predicted octanol–water partition coefficient (Wildman–Crippen LogP) is 4.45. The predicted molar refractivity (Wildman–Crippen MR) is 106 cm³/mol. The Morgan fingerprint density at radius 3 is 2.75 bits per heavy atom. The summed E-state index contributed by atoms with van der Waals surface area (Å²) in [5.41, 5.74) is 1.93. The second kappa shape index (κ2) is 8.79. The van der Waals surface area contributed by atoms with Gasteiger partial charge in [0.1, 0.15) is 11.6 Å². The number of anilines is 1. The second-order valence-electron chi connectivity index (χ2n) is 5.98. The van der Waals surface area contributed by atoms with E-state index in [-0.39, 0.29) is 11.4 Å². The monoisotopic (exact) mass is 400 g/mol. The third-order valence-electron chi connectivity index (χ3n) is 3.95. The van der Waals surface area contributed by atoms with E-state index in [0.717, 1.165) is 23.3 Å². The van der Waals surface area contributed by atoms with Crippen molar-refractivity contribution in [3.8, 4) is 11.4 Å². The molecule has 1 aromatic heterocycles. The summed E-state index contributed by atoms with van der Waals surface area (Å²) < 4.78 is 28.5. The zero-order valence-electron chi connectivity index (χ0n) is 15.2. The lowest BCUT2D eigenvalue weighted by molar-refractivity contribution is -0.113. The second-order valence-corrected chi connectivity index (χ2v) is 6.92. The van der Waals surface area contributed by atoms with Crippen molar-refractivity contribution < 1.29 is 13.6 Å². The molecule has 0 aliphatic heterocycles. The lowest BCUT2D eigenvalue weighted by Crippen LogP contribution is -2.15. The Bertz CT molecular complexity index is 1020. The largest absolute Gasteiger partial charge is 0.323 e. The van der Waals surface area contributed by atoms with Gasteiger partial charge in [-0.15, -0.1) is 16.8 Å². The van der Waals surface area contributed by atoms with E-state index in [9.17, 15) is 13.6 Å². The van der Waals surface area contributed by atoms with Gasteiger partial charge in [-0.25, -0.2) is 8.78 Å². The summed E-state index contributed by atoms with van der Waals surface area (Å²) in [7, 11) is 0. The fourth-order valence-electron chi connectivity index (χ4n) is 2.62. The van der Waals surface area contributed by atoms with Gasteiger partial charge in [0.05, 0.1) is 11.4 Å². The van der Waals surface area contributed by atoms with Crippen LogP contribution in [0.15, 0.2) is 60.3 Å². The van der Waals surface area contributed by atoms with Crippen LogP contribution in [0.25, 0.3) is 11.4 Å². The first-order valence-electron chi connectivity index (χ1n) is 8.47. The van der Waals surface area contributed by atoms with Gasteiger partial charge in [-0.3, -0.25) is 9.36 Å². The Morgan fingerprint density at radius 2 is 2.04 bits per heavy atom. The van der Waals surface area contributed by atoms with Crippen molar-refractivity contribution >= 4 is 23.4 Å². The maximum Gasteiger partial charge on any atom is 0.234 e. The number of amides is 1. The number of rotatable bonds is 7. The van der Waals surface area contributed by atoms with Crippen molar-refractivity contribution in [3.63, 3.8) is 0 Å². The molecule has 0 radical (unpaired) electrons. The van der Waals surface area contributed by atoms with Gasteiger partial charge in [0, 0.05) is 18.2 Å². The molecule has 3 rings (SSSR count). The summed E-state index contributed by atoms with van der Waals surface area (Å²) >= 11 is 1.18. The molecule has 8 heteroatoms. The smallest absolute Gasteiger partial charge is 0.234 e. The van der Waals surface area contributed by atoms with Crippen LogP contribution in [0.1, 0.15) is 5.56 Å².